The van der Waals surface area contributed by atoms with Crippen LogP contribution < -0.4 is 0 Å². The van der Waals surface area contributed by atoms with Crippen LogP contribution in [0.4, 0.5) is 0 Å². The van der Waals surface area contributed by atoms with Crippen LogP contribution in [0.15, 0.2) is 23.3 Å². The van der Waals surface area contributed by atoms with Crippen LogP contribution in [0.3, 0.4) is 0 Å². The van der Waals surface area contributed by atoms with Crippen LogP contribution in [0.5, 0.6) is 0 Å². The third-order valence-electron chi connectivity index (χ3n) is 7.53. The summed E-state index contributed by atoms with van der Waals surface area (Å²) in [5, 5.41) is 32.2. The summed E-state index contributed by atoms with van der Waals surface area (Å²) in [6.45, 7) is 7.93. The summed E-state index contributed by atoms with van der Waals surface area (Å²) >= 11 is 0. The van der Waals surface area contributed by atoms with E-state index in [4.69, 9.17) is 0 Å². The summed E-state index contributed by atoms with van der Waals surface area (Å²) < 4.78 is 0. The molecule has 3 N–H and O–H groups in total. The molecule has 2 saturated carbocycles. The molecule has 1 radical (unpaired) electrons. The first-order chi connectivity index (χ1) is 11.1. The third-order valence-corrected chi connectivity index (χ3v) is 7.53. The standard InChI is InChI=1S/C20H27O4/c1-10-7-19-11(2)5-14-15(18(14,3)4)13(17(19)23)6-12(9-21)16(22)20(19,24)8-10/h6-8,11,13-16,21-22,24H,5,9H2,1-4H3/t11-,13+,14-,15+,16-,19+,20-/m1/s1. The van der Waals surface area contributed by atoms with E-state index in [1.54, 1.807) is 12.5 Å². The maximum absolute atomic E-state index is 13.7. The van der Waals surface area contributed by atoms with E-state index in [0.29, 0.717) is 11.5 Å². The Morgan fingerprint density at radius 3 is 2.62 bits per heavy atom. The quantitative estimate of drug-likeness (QED) is 0.639. The number of hydrogen-bond donors (Lipinski definition) is 3. The molecule has 4 nitrogen and oxygen atoms in total. The maximum atomic E-state index is 13.7. The lowest BCUT2D eigenvalue weighted by atomic mass is 9.59. The van der Waals surface area contributed by atoms with Gasteiger partial charge in [-0.1, -0.05) is 38.5 Å². The lowest BCUT2D eigenvalue weighted by Crippen LogP contribution is -2.60. The first kappa shape index (κ1) is 16.5. The van der Waals surface area contributed by atoms with E-state index >= 15 is 0 Å². The Bertz CT molecular complexity index is 675. The number of Topliss-reactive ketones (excluding diaryl/α,β-unsaturated/α-hetero) is 1. The highest BCUT2D eigenvalue weighted by atomic mass is 16.3. The van der Waals surface area contributed by atoms with Crippen molar-refractivity contribution in [1.82, 2.24) is 0 Å². The molecule has 0 amide bonds. The molecule has 2 fully saturated rings. The number of fused-ring (bicyclic) bond motifs is 3. The summed E-state index contributed by atoms with van der Waals surface area (Å²) in [4.78, 5) is 13.7. The zero-order chi connectivity index (χ0) is 17.7. The fourth-order valence-electron chi connectivity index (χ4n) is 6.21. The Hall–Kier alpha value is -0.970. The smallest absolute Gasteiger partial charge is 0.153 e. The van der Waals surface area contributed by atoms with Gasteiger partial charge in [-0.05, 0) is 42.1 Å². The summed E-state index contributed by atoms with van der Waals surface area (Å²) in [6.07, 6.45) is 4.87. The topological polar surface area (TPSA) is 77.8 Å². The predicted octanol–water partition coefficient (Wildman–Crippen LogP) is 1.66. The van der Waals surface area contributed by atoms with Crippen molar-refractivity contribution in [2.45, 2.75) is 45.8 Å². The SMILES string of the molecule is CC1=C[C@]23C(=O)[C@@H](C=C(CO)[C@@H](O)[C@]2(O)[CH]1)[C@H]1[C@@H](C[C@H]3C)C1(C)C. The summed E-state index contributed by atoms with van der Waals surface area (Å²) in [5.74, 6) is 0.245. The van der Waals surface area contributed by atoms with Crippen molar-refractivity contribution in [3.8, 4) is 0 Å². The Morgan fingerprint density at radius 1 is 1.33 bits per heavy atom. The van der Waals surface area contributed by atoms with Crippen molar-refractivity contribution < 1.29 is 20.1 Å². The minimum Gasteiger partial charge on any atom is -0.392 e. The zero-order valence-electron chi connectivity index (χ0n) is 14.8. The van der Waals surface area contributed by atoms with Gasteiger partial charge in [0.15, 0.2) is 5.78 Å². The number of aliphatic hydroxyl groups is 3. The van der Waals surface area contributed by atoms with Gasteiger partial charge in [-0.15, -0.1) is 0 Å². The van der Waals surface area contributed by atoms with Crippen molar-refractivity contribution >= 4 is 5.78 Å². The van der Waals surface area contributed by atoms with Crippen molar-refractivity contribution in [2.75, 3.05) is 6.61 Å². The normalized spacial score (nSPS) is 51.8. The number of carbonyl (C=O) groups excluding carboxylic acids is 1. The fourth-order valence-corrected chi connectivity index (χ4v) is 6.21. The van der Waals surface area contributed by atoms with Crippen LogP contribution in [0.1, 0.15) is 34.1 Å². The predicted molar refractivity (Wildman–Crippen MR) is 89.7 cm³/mol. The van der Waals surface area contributed by atoms with E-state index in [2.05, 4.69) is 13.8 Å². The molecule has 0 unspecified atom stereocenters. The Kier molecular flexibility index (Phi) is 3.16. The van der Waals surface area contributed by atoms with E-state index in [1.165, 1.54) is 0 Å². The summed E-state index contributed by atoms with van der Waals surface area (Å²) in [7, 11) is 0. The molecule has 4 aliphatic carbocycles. The van der Waals surface area contributed by atoms with E-state index < -0.39 is 17.1 Å². The second kappa shape index (κ2) is 4.60. The average molecular weight is 331 g/mol. The van der Waals surface area contributed by atoms with Gasteiger partial charge in [-0.25, -0.2) is 0 Å². The van der Waals surface area contributed by atoms with E-state index in [1.807, 2.05) is 19.9 Å². The summed E-state index contributed by atoms with van der Waals surface area (Å²) in [5.41, 5.74) is -1.49. The molecule has 4 heteroatoms. The number of aliphatic hydroxyl groups excluding tert-OH is 2. The van der Waals surface area contributed by atoms with E-state index in [0.717, 1.165) is 12.0 Å². The minimum absolute atomic E-state index is 0.00572. The molecule has 0 aliphatic heterocycles. The van der Waals surface area contributed by atoms with Gasteiger partial charge in [0.25, 0.3) is 0 Å². The number of carbonyl (C=O) groups is 1. The monoisotopic (exact) mass is 331 g/mol. The lowest BCUT2D eigenvalue weighted by molar-refractivity contribution is -0.156. The zero-order valence-corrected chi connectivity index (χ0v) is 14.8. The summed E-state index contributed by atoms with van der Waals surface area (Å²) in [6, 6.07) is 0. The van der Waals surface area contributed by atoms with Gasteiger partial charge in [0.2, 0.25) is 0 Å². The molecule has 131 valence electrons. The van der Waals surface area contributed by atoms with Crippen LogP contribution >= 0.6 is 0 Å². The van der Waals surface area contributed by atoms with E-state index in [9.17, 15) is 20.1 Å². The first-order valence-electron chi connectivity index (χ1n) is 8.92. The fraction of sp³-hybridized carbons (Fsp3) is 0.700. The number of allylic oxidation sites excluding steroid dienone is 1. The number of hydrogen-bond acceptors (Lipinski definition) is 4. The molecular weight excluding hydrogens is 304 g/mol. The Balaban J connectivity index is 1.97. The molecule has 0 saturated heterocycles. The van der Waals surface area contributed by atoms with Crippen LogP contribution in [0.2, 0.25) is 0 Å². The number of ketones is 1. The maximum Gasteiger partial charge on any atom is 0.153 e. The highest BCUT2D eigenvalue weighted by Gasteiger charge is 2.73. The van der Waals surface area contributed by atoms with Gasteiger partial charge in [0.05, 0.1) is 12.0 Å². The van der Waals surface area contributed by atoms with Crippen molar-refractivity contribution in [3.05, 3.63) is 29.7 Å². The molecular formula is C20H27O4. The molecule has 7 atom stereocenters. The largest absolute Gasteiger partial charge is 0.392 e. The Labute approximate surface area is 143 Å². The van der Waals surface area contributed by atoms with Crippen molar-refractivity contribution in [3.63, 3.8) is 0 Å². The van der Waals surface area contributed by atoms with Crippen LogP contribution in [0.25, 0.3) is 0 Å². The van der Waals surface area contributed by atoms with Crippen LogP contribution in [-0.2, 0) is 4.79 Å². The molecule has 0 heterocycles. The molecule has 0 aromatic carbocycles. The molecule has 0 aromatic rings. The lowest BCUT2D eigenvalue weighted by Gasteiger charge is -2.46. The Morgan fingerprint density at radius 2 is 2.00 bits per heavy atom. The average Bonchev–Trinajstić information content (AvgIpc) is 2.94. The van der Waals surface area contributed by atoms with Gasteiger partial charge >= 0.3 is 0 Å². The molecule has 2 bridgehead atoms. The van der Waals surface area contributed by atoms with Crippen molar-refractivity contribution in [1.29, 1.82) is 0 Å². The van der Waals surface area contributed by atoms with Gasteiger partial charge in [-0.2, -0.15) is 0 Å². The van der Waals surface area contributed by atoms with E-state index in [-0.39, 0.29) is 35.6 Å². The molecule has 4 rings (SSSR count). The van der Waals surface area contributed by atoms with Gasteiger partial charge in [0, 0.05) is 12.3 Å². The minimum atomic E-state index is -1.67. The van der Waals surface area contributed by atoms with Gasteiger partial charge in [0.1, 0.15) is 11.7 Å². The second-order valence-electron chi connectivity index (χ2n) is 9.01. The van der Waals surface area contributed by atoms with Gasteiger partial charge < -0.3 is 15.3 Å². The molecule has 4 aliphatic rings. The van der Waals surface area contributed by atoms with Crippen LogP contribution in [0, 0.1) is 40.9 Å². The third kappa shape index (κ3) is 1.63. The number of rotatable bonds is 1. The highest BCUT2D eigenvalue weighted by molar-refractivity contribution is 5.95. The molecule has 1 spiro atoms. The molecule has 0 aromatic heterocycles. The van der Waals surface area contributed by atoms with Crippen LogP contribution in [-0.4, -0.2) is 39.4 Å². The molecule has 24 heavy (non-hydrogen) atoms. The first-order valence-corrected chi connectivity index (χ1v) is 8.92. The highest BCUT2D eigenvalue weighted by Crippen LogP contribution is 2.71. The van der Waals surface area contributed by atoms with Gasteiger partial charge in [-0.3, -0.25) is 4.79 Å². The van der Waals surface area contributed by atoms with Crippen molar-refractivity contribution in [2.24, 2.45) is 34.5 Å². The second-order valence-corrected chi connectivity index (χ2v) is 9.01.